The average Bonchev–Trinajstić information content (AvgIpc) is 2.88. The lowest BCUT2D eigenvalue weighted by Gasteiger charge is -2.14. The van der Waals surface area contributed by atoms with Gasteiger partial charge in [-0.3, -0.25) is 4.99 Å². The molecular formula is C14H21FN4. The lowest BCUT2D eigenvalue weighted by atomic mass is 10.1. The predicted octanol–water partition coefficient (Wildman–Crippen LogP) is 1.54. The summed E-state index contributed by atoms with van der Waals surface area (Å²) in [5, 5.41) is 6.42. The highest BCUT2D eigenvalue weighted by molar-refractivity contribution is 6.04. The third-order valence-electron chi connectivity index (χ3n) is 3.02. The van der Waals surface area contributed by atoms with E-state index < -0.39 is 0 Å². The Morgan fingerprint density at radius 1 is 1.42 bits per heavy atom. The summed E-state index contributed by atoms with van der Waals surface area (Å²) in [7, 11) is 4.09. The third kappa shape index (κ3) is 3.67. The van der Waals surface area contributed by atoms with Crippen molar-refractivity contribution in [2.75, 3.05) is 45.6 Å². The van der Waals surface area contributed by atoms with Gasteiger partial charge in [0.1, 0.15) is 11.7 Å². The Kier molecular flexibility index (Phi) is 4.74. The minimum absolute atomic E-state index is 0.231. The van der Waals surface area contributed by atoms with Crippen molar-refractivity contribution < 1.29 is 4.39 Å². The van der Waals surface area contributed by atoms with Crippen molar-refractivity contribution in [1.29, 1.82) is 0 Å². The molecule has 0 saturated carbocycles. The number of hydrogen-bond donors (Lipinski definition) is 2. The molecule has 0 spiro atoms. The van der Waals surface area contributed by atoms with Gasteiger partial charge in [-0.25, -0.2) is 4.39 Å². The Morgan fingerprint density at radius 3 is 2.95 bits per heavy atom. The molecule has 0 fully saturated rings. The molecule has 104 valence electrons. The fourth-order valence-electron chi connectivity index (χ4n) is 2.10. The van der Waals surface area contributed by atoms with Gasteiger partial charge < -0.3 is 15.5 Å². The number of benzene rings is 1. The van der Waals surface area contributed by atoms with Gasteiger partial charge >= 0.3 is 0 Å². The Labute approximate surface area is 113 Å². The summed E-state index contributed by atoms with van der Waals surface area (Å²) in [6.45, 7) is 3.33. The lowest BCUT2D eigenvalue weighted by Crippen LogP contribution is -2.23. The molecule has 1 aliphatic rings. The molecule has 1 aromatic carbocycles. The number of anilines is 1. The highest BCUT2D eigenvalue weighted by atomic mass is 19.1. The third-order valence-corrected chi connectivity index (χ3v) is 3.02. The molecular weight excluding hydrogens is 243 g/mol. The summed E-state index contributed by atoms with van der Waals surface area (Å²) in [6.07, 6.45) is 1.02. The zero-order valence-corrected chi connectivity index (χ0v) is 11.5. The quantitative estimate of drug-likeness (QED) is 0.766. The number of amidine groups is 1. The minimum atomic E-state index is -0.231. The first-order valence-electron chi connectivity index (χ1n) is 6.64. The average molecular weight is 264 g/mol. The van der Waals surface area contributed by atoms with Gasteiger partial charge in [-0.05, 0) is 39.2 Å². The van der Waals surface area contributed by atoms with Gasteiger partial charge in [0.05, 0.1) is 12.1 Å². The number of rotatable bonds is 6. The number of halogens is 1. The van der Waals surface area contributed by atoms with Crippen LogP contribution < -0.4 is 10.6 Å². The van der Waals surface area contributed by atoms with Gasteiger partial charge in [0.15, 0.2) is 0 Å². The van der Waals surface area contributed by atoms with Crippen LogP contribution in [0.15, 0.2) is 23.2 Å². The van der Waals surface area contributed by atoms with E-state index in [2.05, 4.69) is 20.5 Å². The number of nitrogens with zero attached hydrogens (tertiary/aromatic N) is 2. The maximum atomic E-state index is 14.0. The van der Waals surface area contributed by atoms with Crippen LogP contribution in [0.1, 0.15) is 12.0 Å². The van der Waals surface area contributed by atoms with E-state index in [0.717, 1.165) is 31.7 Å². The molecule has 0 radical (unpaired) electrons. The molecule has 1 aromatic rings. The van der Waals surface area contributed by atoms with Crippen molar-refractivity contribution in [2.45, 2.75) is 6.42 Å². The SMILES string of the molecule is CN(C)CCCNc1cccc(F)c1C1=NCCN1. The second-order valence-corrected chi connectivity index (χ2v) is 4.90. The van der Waals surface area contributed by atoms with E-state index in [1.807, 2.05) is 20.2 Å². The van der Waals surface area contributed by atoms with E-state index in [0.29, 0.717) is 17.9 Å². The van der Waals surface area contributed by atoms with E-state index >= 15 is 0 Å². The molecule has 0 saturated heterocycles. The van der Waals surface area contributed by atoms with Crippen molar-refractivity contribution in [3.63, 3.8) is 0 Å². The molecule has 1 heterocycles. The fourth-order valence-corrected chi connectivity index (χ4v) is 2.10. The lowest BCUT2D eigenvalue weighted by molar-refractivity contribution is 0.405. The summed E-state index contributed by atoms with van der Waals surface area (Å²) < 4.78 is 14.0. The normalized spacial score (nSPS) is 14.4. The topological polar surface area (TPSA) is 39.7 Å². The van der Waals surface area contributed by atoms with Gasteiger partial charge in [0.2, 0.25) is 0 Å². The van der Waals surface area contributed by atoms with Crippen molar-refractivity contribution in [1.82, 2.24) is 10.2 Å². The van der Waals surface area contributed by atoms with Crippen molar-refractivity contribution in [2.24, 2.45) is 4.99 Å². The van der Waals surface area contributed by atoms with Gasteiger partial charge in [-0.2, -0.15) is 0 Å². The monoisotopic (exact) mass is 264 g/mol. The molecule has 0 aliphatic carbocycles. The van der Waals surface area contributed by atoms with Gasteiger partial charge in [-0.1, -0.05) is 6.07 Å². The molecule has 4 nitrogen and oxygen atoms in total. The van der Waals surface area contributed by atoms with Crippen LogP contribution in [-0.2, 0) is 0 Å². The van der Waals surface area contributed by atoms with E-state index in [1.165, 1.54) is 6.07 Å². The molecule has 1 aliphatic heterocycles. The predicted molar refractivity (Wildman–Crippen MR) is 77.5 cm³/mol. The van der Waals surface area contributed by atoms with Crippen LogP contribution in [0, 0.1) is 5.82 Å². The molecule has 0 atom stereocenters. The molecule has 0 bridgehead atoms. The Hall–Kier alpha value is -1.62. The summed E-state index contributed by atoms with van der Waals surface area (Å²) in [5.41, 5.74) is 1.37. The van der Waals surface area contributed by atoms with Crippen molar-refractivity contribution in [3.05, 3.63) is 29.6 Å². The summed E-state index contributed by atoms with van der Waals surface area (Å²) >= 11 is 0. The largest absolute Gasteiger partial charge is 0.384 e. The van der Waals surface area contributed by atoms with E-state index in [9.17, 15) is 4.39 Å². The van der Waals surface area contributed by atoms with E-state index in [1.54, 1.807) is 6.07 Å². The van der Waals surface area contributed by atoms with Crippen molar-refractivity contribution >= 4 is 11.5 Å². The zero-order valence-electron chi connectivity index (χ0n) is 11.5. The molecule has 2 rings (SSSR count). The van der Waals surface area contributed by atoms with Gasteiger partial charge in [0, 0.05) is 18.8 Å². The summed E-state index contributed by atoms with van der Waals surface area (Å²) in [6, 6.07) is 5.10. The number of hydrogen-bond acceptors (Lipinski definition) is 4. The first kappa shape index (κ1) is 13.8. The fraction of sp³-hybridized carbons (Fsp3) is 0.500. The number of aliphatic imine (C=N–C) groups is 1. The Balaban J connectivity index is 2.05. The highest BCUT2D eigenvalue weighted by Gasteiger charge is 2.16. The van der Waals surface area contributed by atoms with Crippen LogP contribution in [0.4, 0.5) is 10.1 Å². The first-order valence-corrected chi connectivity index (χ1v) is 6.64. The summed E-state index contributed by atoms with van der Waals surface area (Å²) in [4.78, 5) is 6.44. The van der Waals surface area contributed by atoms with Crippen LogP contribution in [0.25, 0.3) is 0 Å². The van der Waals surface area contributed by atoms with Crippen LogP contribution in [-0.4, -0.2) is 51.0 Å². The maximum absolute atomic E-state index is 14.0. The standard InChI is InChI=1S/C14H21FN4/c1-19(2)10-4-7-16-12-6-3-5-11(15)13(12)14-17-8-9-18-14/h3,5-6,16H,4,7-10H2,1-2H3,(H,17,18). The molecule has 2 N–H and O–H groups in total. The Bertz CT molecular complexity index is 457. The van der Waals surface area contributed by atoms with E-state index in [-0.39, 0.29) is 5.82 Å². The molecule has 0 aromatic heterocycles. The molecule has 0 amide bonds. The van der Waals surface area contributed by atoms with Crippen LogP contribution in [0.5, 0.6) is 0 Å². The first-order chi connectivity index (χ1) is 9.18. The minimum Gasteiger partial charge on any atom is -0.384 e. The summed E-state index contributed by atoms with van der Waals surface area (Å²) in [5.74, 6) is 0.430. The second-order valence-electron chi connectivity index (χ2n) is 4.90. The van der Waals surface area contributed by atoms with Crippen LogP contribution >= 0.6 is 0 Å². The maximum Gasteiger partial charge on any atom is 0.136 e. The van der Waals surface area contributed by atoms with Gasteiger partial charge in [-0.15, -0.1) is 0 Å². The van der Waals surface area contributed by atoms with Crippen LogP contribution in [0.2, 0.25) is 0 Å². The molecule has 19 heavy (non-hydrogen) atoms. The molecule has 5 heteroatoms. The number of nitrogens with one attached hydrogen (secondary N) is 2. The van der Waals surface area contributed by atoms with Gasteiger partial charge in [0.25, 0.3) is 0 Å². The smallest absolute Gasteiger partial charge is 0.136 e. The zero-order chi connectivity index (χ0) is 13.7. The van der Waals surface area contributed by atoms with E-state index in [4.69, 9.17) is 0 Å². The molecule has 0 unspecified atom stereocenters. The second kappa shape index (κ2) is 6.52. The Morgan fingerprint density at radius 2 is 2.26 bits per heavy atom. The van der Waals surface area contributed by atoms with Crippen molar-refractivity contribution in [3.8, 4) is 0 Å². The highest BCUT2D eigenvalue weighted by Crippen LogP contribution is 2.20. The van der Waals surface area contributed by atoms with Crippen LogP contribution in [0.3, 0.4) is 0 Å².